The van der Waals surface area contributed by atoms with Gasteiger partial charge in [-0.25, -0.2) is 4.79 Å². The van der Waals surface area contributed by atoms with E-state index in [0.717, 1.165) is 26.2 Å². The Morgan fingerprint density at radius 2 is 1.84 bits per heavy atom. The van der Waals surface area contributed by atoms with E-state index in [4.69, 9.17) is 16.3 Å². The number of imidazole rings is 1. The molecule has 31 heavy (non-hydrogen) atoms. The number of aryl methyl sites for hydroxylation is 1. The summed E-state index contributed by atoms with van der Waals surface area (Å²) in [5.41, 5.74) is -0.523. The molecule has 166 valence electrons. The smallest absolute Gasteiger partial charge is 0.329 e. The number of benzene rings is 1. The van der Waals surface area contributed by atoms with Crippen molar-refractivity contribution in [1.82, 2.24) is 24.0 Å². The fourth-order valence-corrected chi connectivity index (χ4v) is 3.76. The molecule has 0 bridgehead atoms. The van der Waals surface area contributed by atoms with E-state index >= 15 is 0 Å². The topological polar surface area (TPSA) is 109 Å². The standard InChI is InChI=1S/C20H25ClN6O4/c1-24-7-9-26(10-8-24)19-22-17-16(18(29)23-20(30)25(17)2)27(19)11-14(28)12-31-15-5-3-13(21)4-6-15/h3-6,14,28H,7-12H2,1-2H3,(H,23,29,30)/t14-/m1/s1. The normalized spacial score (nSPS) is 16.1. The number of hydrogen-bond donors (Lipinski definition) is 2. The van der Waals surface area contributed by atoms with Crippen molar-refractivity contribution in [3.05, 3.63) is 50.1 Å². The van der Waals surface area contributed by atoms with Gasteiger partial charge in [-0.05, 0) is 31.3 Å². The molecule has 0 amide bonds. The van der Waals surface area contributed by atoms with Crippen LogP contribution in [0.5, 0.6) is 5.75 Å². The number of H-pyrrole nitrogens is 1. The van der Waals surface area contributed by atoms with Crippen LogP contribution in [0.2, 0.25) is 5.02 Å². The van der Waals surface area contributed by atoms with E-state index in [2.05, 4.69) is 19.8 Å². The van der Waals surface area contributed by atoms with E-state index in [-0.39, 0.29) is 24.3 Å². The molecule has 3 aromatic rings. The molecule has 1 saturated heterocycles. The van der Waals surface area contributed by atoms with E-state index in [9.17, 15) is 14.7 Å². The molecule has 4 rings (SSSR count). The van der Waals surface area contributed by atoms with Crippen molar-refractivity contribution < 1.29 is 9.84 Å². The van der Waals surface area contributed by atoms with Crippen LogP contribution in [0.15, 0.2) is 33.9 Å². The van der Waals surface area contributed by atoms with E-state index in [1.54, 1.807) is 35.9 Å². The van der Waals surface area contributed by atoms with Gasteiger partial charge in [0.1, 0.15) is 18.5 Å². The molecular formula is C20H25ClN6O4. The Balaban J connectivity index is 1.65. The highest BCUT2D eigenvalue weighted by Crippen LogP contribution is 2.22. The van der Waals surface area contributed by atoms with Crippen LogP contribution in [-0.2, 0) is 13.6 Å². The van der Waals surface area contributed by atoms with Crippen molar-refractivity contribution in [2.45, 2.75) is 12.6 Å². The van der Waals surface area contributed by atoms with Gasteiger partial charge in [-0.1, -0.05) is 11.6 Å². The molecule has 0 unspecified atom stereocenters. The molecule has 1 aromatic carbocycles. The predicted octanol–water partition coefficient (Wildman–Crippen LogP) is 0.268. The fraction of sp³-hybridized carbons (Fsp3) is 0.450. The summed E-state index contributed by atoms with van der Waals surface area (Å²) in [6.07, 6.45) is -0.907. The highest BCUT2D eigenvalue weighted by molar-refractivity contribution is 6.30. The molecule has 11 heteroatoms. The zero-order valence-corrected chi connectivity index (χ0v) is 18.2. The first-order valence-corrected chi connectivity index (χ1v) is 10.4. The molecule has 10 nitrogen and oxygen atoms in total. The minimum atomic E-state index is -0.907. The lowest BCUT2D eigenvalue weighted by Crippen LogP contribution is -2.45. The number of piperazine rings is 1. The Kier molecular flexibility index (Phi) is 6.03. The van der Waals surface area contributed by atoms with Crippen molar-refractivity contribution in [3.8, 4) is 5.75 Å². The van der Waals surface area contributed by atoms with E-state index in [1.165, 1.54) is 4.57 Å². The van der Waals surface area contributed by atoms with Gasteiger partial charge in [0.15, 0.2) is 11.2 Å². The Hall–Kier alpha value is -2.82. The summed E-state index contributed by atoms with van der Waals surface area (Å²) < 4.78 is 8.64. The minimum absolute atomic E-state index is 0.0210. The monoisotopic (exact) mass is 448 g/mol. The molecule has 1 fully saturated rings. The van der Waals surface area contributed by atoms with Crippen LogP contribution < -0.4 is 20.9 Å². The summed E-state index contributed by atoms with van der Waals surface area (Å²) in [6.45, 7) is 3.26. The van der Waals surface area contributed by atoms with Gasteiger partial charge in [0.2, 0.25) is 5.95 Å². The zero-order valence-electron chi connectivity index (χ0n) is 17.4. The number of aliphatic hydroxyl groups is 1. The Bertz CT molecular complexity index is 1180. The molecule has 3 heterocycles. The number of fused-ring (bicyclic) bond motifs is 1. The van der Waals surface area contributed by atoms with Gasteiger partial charge >= 0.3 is 5.69 Å². The molecule has 1 aliphatic rings. The molecular weight excluding hydrogens is 424 g/mol. The van der Waals surface area contributed by atoms with Gasteiger partial charge in [-0.2, -0.15) is 4.98 Å². The maximum Gasteiger partial charge on any atom is 0.329 e. The third kappa shape index (κ3) is 4.46. The predicted molar refractivity (Wildman–Crippen MR) is 118 cm³/mol. The molecule has 0 aliphatic carbocycles. The largest absolute Gasteiger partial charge is 0.491 e. The zero-order chi connectivity index (χ0) is 22.1. The van der Waals surface area contributed by atoms with Gasteiger partial charge < -0.3 is 24.2 Å². The van der Waals surface area contributed by atoms with Gasteiger partial charge in [0.05, 0.1) is 6.54 Å². The summed E-state index contributed by atoms with van der Waals surface area (Å²) in [5.74, 6) is 1.14. The highest BCUT2D eigenvalue weighted by atomic mass is 35.5. The van der Waals surface area contributed by atoms with Crippen LogP contribution in [0, 0.1) is 0 Å². The number of aromatic amines is 1. The number of rotatable bonds is 6. The Morgan fingerprint density at radius 1 is 1.16 bits per heavy atom. The first-order valence-electron chi connectivity index (χ1n) is 10.0. The minimum Gasteiger partial charge on any atom is -0.491 e. The lowest BCUT2D eigenvalue weighted by molar-refractivity contribution is 0.0935. The number of nitrogens with one attached hydrogen (secondary N) is 1. The van der Waals surface area contributed by atoms with E-state index < -0.39 is 17.4 Å². The molecule has 1 aliphatic heterocycles. The third-order valence-electron chi connectivity index (χ3n) is 5.42. The second-order valence-electron chi connectivity index (χ2n) is 7.72. The molecule has 0 saturated carbocycles. The lowest BCUT2D eigenvalue weighted by atomic mass is 10.3. The maximum atomic E-state index is 12.6. The SMILES string of the molecule is CN1CCN(c2nc3c(c(=O)[nH]c(=O)n3C)n2C[C@@H](O)COc2ccc(Cl)cc2)CC1. The second-order valence-corrected chi connectivity index (χ2v) is 8.16. The molecule has 1 atom stereocenters. The van der Waals surface area contributed by atoms with Crippen molar-refractivity contribution >= 4 is 28.7 Å². The van der Waals surface area contributed by atoms with Crippen LogP contribution in [0.4, 0.5) is 5.95 Å². The van der Waals surface area contributed by atoms with Gasteiger partial charge in [0.25, 0.3) is 5.56 Å². The number of halogens is 1. The van der Waals surface area contributed by atoms with Crippen LogP contribution in [0.1, 0.15) is 0 Å². The Labute approximate surface area is 183 Å². The molecule has 2 aromatic heterocycles. The maximum absolute atomic E-state index is 12.6. The average molecular weight is 449 g/mol. The van der Waals surface area contributed by atoms with E-state index in [0.29, 0.717) is 16.7 Å². The number of nitrogens with zero attached hydrogens (tertiary/aromatic N) is 5. The summed E-state index contributed by atoms with van der Waals surface area (Å²) in [4.78, 5) is 35.9. The van der Waals surface area contributed by atoms with Crippen LogP contribution in [-0.4, -0.2) is 75.0 Å². The second kappa shape index (κ2) is 8.74. The molecule has 0 radical (unpaired) electrons. The van der Waals surface area contributed by atoms with Crippen molar-refractivity contribution in [3.63, 3.8) is 0 Å². The first kappa shape index (κ1) is 21.4. The number of aromatic nitrogens is 4. The summed E-state index contributed by atoms with van der Waals surface area (Å²) in [6, 6.07) is 6.85. The number of ether oxygens (including phenoxy) is 1. The first-order chi connectivity index (χ1) is 14.8. The summed E-state index contributed by atoms with van der Waals surface area (Å²) in [5, 5.41) is 11.3. The molecule has 0 spiro atoms. The third-order valence-corrected chi connectivity index (χ3v) is 5.67. The molecule has 2 N–H and O–H groups in total. The Morgan fingerprint density at radius 3 is 2.52 bits per heavy atom. The van der Waals surface area contributed by atoms with Crippen molar-refractivity contribution in [1.29, 1.82) is 0 Å². The quantitative estimate of drug-likeness (QED) is 0.557. The number of anilines is 1. The van der Waals surface area contributed by atoms with Crippen molar-refractivity contribution in [2.24, 2.45) is 7.05 Å². The number of hydrogen-bond acceptors (Lipinski definition) is 7. The highest BCUT2D eigenvalue weighted by Gasteiger charge is 2.25. The average Bonchev–Trinajstić information content (AvgIpc) is 3.12. The number of likely N-dealkylation sites (N-methyl/N-ethyl adjacent to an activating group) is 1. The van der Waals surface area contributed by atoms with Crippen LogP contribution in [0.25, 0.3) is 11.2 Å². The number of aliphatic hydroxyl groups excluding tert-OH is 1. The summed E-state index contributed by atoms with van der Waals surface area (Å²) >= 11 is 5.88. The lowest BCUT2D eigenvalue weighted by Gasteiger charge is -2.33. The summed E-state index contributed by atoms with van der Waals surface area (Å²) in [7, 11) is 3.61. The van der Waals surface area contributed by atoms with Gasteiger partial charge in [0, 0.05) is 38.2 Å². The van der Waals surface area contributed by atoms with Crippen LogP contribution >= 0.6 is 11.6 Å². The van der Waals surface area contributed by atoms with E-state index in [1.807, 2.05) is 7.05 Å². The fourth-order valence-electron chi connectivity index (χ4n) is 3.63. The van der Waals surface area contributed by atoms with Crippen molar-refractivity contribution in [2.75, 3.05) is 44.7 Å². The van der Waals surface area contributed by atoms with Crippen LogP contribution in [0.3, 0.4) is 0 Å². The van der Waals surface area contributed by atoms with Gasteiger partial charge in [-0.15, -0.1) is 0 Å². The van der Waals surface area contributed by atoms with Gasteiger partial charge in [-0.3, -0.25) is 14.3 Å².